The zero-order valence-electron chi connectivity index (χ0n) is 16.7. The average Bonchev–Trinajstić information content (AvgIpc) is 3.13. The van der Waals surface area contributed by atoms with Gasteiger partial charge in [-0.1, -0.05) is 54.1 Å². The molecule has 0 bridgehead atoms. The molecule has 7 heteroatoms. The van der Waals surface area contributed by atoms with Gasteiger partial charge in [0.05, 0.1) is 17.5 Å². The summed E-state index contributed by atoms with van der Waals surface area (Å²) in [4.78, 5) is 26.0. The summed E-state index contributed by atoms with van der Waals surface area (Å²) in [6.07, 6.45) is 1.64. The zero-order valence-corrected chi connectivity index (χ0v) is 17.5. The van der Waals surface area contributed by atoms with Crippen LogP contribution in [0.5, 0.6) is 0 Å². The van der Waals surface area contributed by atoms with E-state index < -0.39 is 16.1 Å². The van der Waals surface area contributed by atoms with Gasteiger partial charge in [-0.3, -0.25) is 9.59 Å². The first-order valence-corrected chi connectivity index (χ1v) is 10.7. The first kappa shape index (κ1) is 21.0. The number of hydrogen-bond donors (Lipinski definition) is 0. The van der Waals surface area contributed by atoms with Gasteiger partial charge in [-0.2, -0.15) is 4.31 Å². The lowest BCUT2D eigenvalue weighted by atomic mass is 10.00. The minimum atomic E-state index is -3.82. The van der Waals surface area contributed by atoms with Crippen LogP contribution in [-0.4, -0.2) is 49.5 Å². The Balaban J connectivity index is 2.02. The SMILES string of the molecule is CC(=O)CN(C)C(=O)C1=CCN(S(=O)(=O)c2ccc(C)cc2)C1c1ccccc1. The number of hydrogen-bond acceptors (Lipinski definition) is 4. The number of likely N-dealkylation sites (N-methyl/N-ethyl adjacent to an activating group) is 1. The summed E-state index contributed by atoms with van der Waals surface area (Å²) in [7, 11) is -2.28. The van der Waals surface area contributed by atoms with E-state index in [9.17, 15) is 18.0 Å². The average molecular weight is 413 g/mol. The van der Waals surface area contributed by atoms with Gasteiger partial charge in [0.15, 0.2) is 0 Å². The Bertz CT molecular complexity index is 1040. The van der Waals surface area contributed by atoms with Gasteiger partial charge in [0.25, 0.3) is 5.91 Å². The van der Waals surface area contributed by atoms with Crippen molar-refractivity contribution in [2.24, 2.45) is 0 Å². The molecule has 1 amide bonds. The summed E-state index contributed by atoms with van der Waals surface area (Å²) < 4.78 is 28.1. The molecule has 3 rings (SSSR count). The van der Waals surface area contributed by atoms with E-state index in [1.807, 2.05) is 25.1 Å². The molecule has 152 valence electrons. The summed E-state index contributed by atoms with van der Waals surface area (Å²) >= 11 is 0. The molecule has 2 aromatic carbocycles. The van der Waals surface area contributed by atoms with Crippen LogP contribution in [0.3, 0.4) is 0 Å². The second-order valence-corrected chi connectivity index (χ2v) is 9.11. The van der Waals surface area contributed by atoms with E-state index in [0.29, 0.717) is 11.1 Å². The van der Waals surface area contributed by atoms with Gasteiger partial charge in [-0.15, -0.1) is 0 Å². The highest BCUT2D eigenvalue weighted by atomic mass is 32.2. The molecule has 0 saturated heterocycles. The molecule has 29 heavy (non-hydrogen) atoms. The molecule has 2 aromatic rings. The first-order chi connectivity index (χ1) is 13.7. The van der Waals surface area contributed by atoms with E-state index >= 15 is 0 Å². The fraction of sp³-hybridized carbons (Fsp3) is 0.273. The Kier molecular flexibility index (Phi) is 6.00. The predicted molar refractivity (Wildman–Crippen MR) is 111 cm³/mol. The van der Waals surface area contributed by atoms with Crippen LogP contribution in [0.25, 0.3) is 0 Å². The predicted octanol–water partition coefficient (Wildman–Crippen LogP) is 2.71. The third-order valence-corrected chi connectivity index (χ3v) is 6.72. The van der Waals surface area contributed by atoms with Gasteiger partial charge in [-0.25, -0.2) is 8.42 Å². The summed E-state index contributed by atoms with van der Waals surface area (Å²) in [5.74, 6) is -0.490. The molecule has 0 spiro atoms. The molecule has 1 aliphatic rings. The molecule has 1 unspecified atom stereocenters. The molecule has 0 radical (unpaired) electrons. The number of carbonyl (C=O) groups is 2. The Morgan fingerprint density at radius 2 is 1.69 bits per heavy atom. The van der Waals surface area contributed by atoms with Crippen molar-refractivity contribution >= 4 is 21.7 Å². The summed E-state index contributed by atoms with van der Waals surface area (Å²) in [5, 5.41) is 0. The van der Waals surface area contributed by atoms with Crippen molar-refractivity contribution in [3.63, 3.8) is 0 Å². The van der Waals surface area contributed by atoms with Crippen LogP contribution in [0.15, 0.2) is 71.1 Å². The van der Waals surface area contributed by atoms with E-state index in [2.05, 4.69) is 0 Å². The van der Waals surface area contributed by atoms with Crippen LogP contribution in [0, 0.1) is 6.92 Å². The van der Waals surface area contributed by atoms with Gasteiger partial charge in [-0.05, 0) is 31.5 Å². The number of benzene rings is 2. The van der Waals surface area contributed by atoms with Crippen molar-refractivity contribution in [2.75, 3.05) is 20.1 Å². The highest BCUT2D eigenvalue weighted by Gasteiger charge is 2.41. The second-order valence-electron chi connectivity index (χ2n) is 7.22. The van der Waals surface area contributed by atoms with Crippen LogP contribution in [0.4, 0.5) is 0 Å². The van der Waals surface area contributed by atoms with Crippen molar-refractivity contribution in [1.29, 1.82) is 0 Å². The third-order valence-electron chi connectivity index (χ3n) is 4.87. The third kappa shape index (κ3) is 4.31. The maximum atomic E-state index is 13.4. The van der Waals surface area contributed by atoms with Crippen molar-refractivity contribution in [3.8, 4) is 0 Å². The zero-order chi connectivity index (χ0) is 21.2. The van der Waals surface area contributed by atoms with Crippen molar-refractivity contribution in [1.82, 2.24) is 9.21 Å². The van der Waals surface area contributed by atoms with Crippen LogP contribution in [0.2, 0.25) is 0 Å². The van der Waals surface area contributed by atoms with E-state index in [-0.39, 0.29) is 29.7 Å². The van der Waals surface area contributed by atoms with Crippen molar-refractivity contribution in [2.45, 2.75) is 24.8 Å². The fourth-order valence-corrected chi connectivity index (χ4v) is 4.99. The molecule has 1 heterocycles. The van der Waals surface area contributed by atoms with E-state index in [4.69, 9.17) is 0 Å². The Labute approximate surface area is 171 Å². The van der Waals surface area contributed by atoms with Crippen LogP contribution in [0.1, 0.15) is 24.1 Å². The number of aryl methyl sites for hydroxylation is 1. The van der Waals surface area contributed by atoms with Crippen molar-refractivity contribution < 1.29 is 18.0 Å². The molecular formula is C22H24N2O4S. The van der Waals surface area contributed by atoms with Gasteiger partial charge < -0.3 is 4.90 Å². The number of sulfonamides is 1. The Hall–Kier alpha value is -2.77. The molecule has 0 fully saturated rings. The summed E-state index contributed by atoms with van der Waals surface area (Å²) in [6.45, 7) is 3.37. The molecule has 1 aliphatic heterocycles. The number of ketones is 1. The normalized spacial score (nSPS) is 17.1. The molecule has 0 aromatic heterocycles. The largest absolute Gasteiger partial charge is 0.335 e. The maximum absolute atomic E-state index is 13.4. The number of Topliss-reactive ketones (excluding diaryl/α,β-unsaturated/α-hetero) is 1. The van der Waals surface area contributed by atoms with Gasteiger partial charge in [0, 0.05) is 19.2 Å². The number of nitrogens with zero attached hydrogens (tertiary/aromatic N) is 2. The topological polar surface area (TPSA) is 74.8 Å². The highest BCUT2D eigenvalue weighted by molar-refractivity contribution is 7.89. The summed E-state index contributed by atoms with van der Waals surface area (Å²) in [5.41, 5.74) is 2.02. The molecule has 0 aliphatic carbocycles. The lowest BCUT2D eigenvalue weighted by Gasteiger charge is -2.28. The van der Waals surface area contributed by atoms with Gasteiger partial charge >= 0.3 is 0 Å². The van der Waals surface area contributed by atoms with Crippen LogP contribution in [-0.2, 0) is 19.6 Å². The highest BCUT2D eigenvalue weighted by Crippen LogP contribution is 2.38. The maximum Gasteiger partial charge on any atom is 0.251 e. The monoisotopic (exact) mass is 412 g/mol. The van der Waals surface area contributed by atoms with Gasteiger partial charge in [0.2, 0.25) is 10.0 Å². The second kappa shape index (κ2) is 8.31. The fourth-order valence-electron chi connectivity index (χ4n) is 3.45. The Morgan fingerprint density at radius 3 is 2.28 bits per heavy atom. The van der Waals surface area contributed by atoms with Crippen LogP contribution >= 0.6 is 0 Å². The number of carbonyl (C=O) groups excluding carboxylic acids is 2. The first-order valence-electron chi connectivity index (χ1n) is 9.30. The summed E-state index contributed by atoms with van der Waals surface area (Å²) in [6, 6.07) is 15.0. The minimum Gasteiger partial charge on any atom is -0.335 e. The lowest BCUT2D eigenvalue weighted by Crippen LogP contribution is -2.37. The van der Waals surface area contributed by atoms with E-state index in [1.54, 1.807) is 49.5 Å². The number of amides is 1. The number of rotatable bonds is 6. The van der Waals surface area contributed by atoms with Gasteiger partial charge in [0.1, 0.15) is 5.78 Å². The molecule has 1 atom stereocenters. The molecule has 6 nitrogen and oxygen atoms in total. The lowest BCUT2D eigenvalue weighted by molar-refractivity contribution is -0.130. The molecule has 0 N–H and O–H groups in total. The molecule has 0 saturated carbocycles. The standard InChI is InChI=1S/C22H24N2O4S/c1-16-9-11-19(12-10-16)29(27,28)24-14-13-20(22(26)23(3)15-17(2)25)21(24)18-7-5-4-6-8-18/h4-13,21H,14-15H2,1-3H3. The minimum absolute atomic E-state index is 0.0254. The molecular weight excluding hydrogens is 388 g/mol. The Morgan fingerprint density at radius 1 is 1.07 bits per heavy atom. The quantitative estimate of drug-likeness (QED) is 0.731. The van der Waals surface area contributed by atoms with Crippen molar-refractivity contribution in [3.05, 3.63) is 77.4 Å². The van der Waals surface area contributed by atoms with Crippen LogP contribution < -0.4 is 0 Å². The van der Waals surface area contributed by atoms with E-state index in [1.165, 1.54) is 16.1 Å². The smallest absolute Gasteiger partial charge is 0.251 e. The van der Waals surface area contributed by atoms with E-state index in [0.717, 1.165) is 5.56 Å².